The summed E-state index contributed by atoms with van der Waals surface area (Å²) in [7, 11) is 1.27. The van der Waals surface area contributed by atoms with Gasteiger partial charge in [-0.3, -0.25) is 4.68 Å². The van der Waals surface area contributed by atoms with E-state index in [1.165, 1.54) is 11.8 Å². The SMILES string of the molecule is COC(=O)c1nn(Cc2cccc(O)c2)cc1N. The molecule has 3 N–H and O–H groups in total. The van der Waals surface area contributed by atoms with Crippen molar-refractivity contribution in [1.29, 1.82) is 0 Å². The van der Waals surface area contributed by atoms with Crippen LogP contribution in [0.4, 0.5) is 5.69 Å². The highest BCUT2D eigenvalue weighted by Gasteiger charge is 2.15. The third-order valence-corrected chi connectivity index (χ3v) is 2.42. The van der Waals surface area contributed by atoms with Crippen molar-refractivity contribution in [1.82, 2.24) is 9.78 Å². The first-order valence-corrected chi connectivity index (χ1v) is 5.29. The Kier molecular flexibility index (Phi) is 3.18. The summed E-state index contributed by atoms with van der Waals surface area (Å²) in [5.41, 5.74) is 6.88. The second kappa shape index (κ2) is 4.79. The van der Waals surface area contributed by atoms with E-state index >= 15 is 0 Å². The molecule has 2 aromatic rings. The van der Waals surface area contributed by atoms with Crippen LogP contribution in [0.2, 0.25) is 0 Å². The third kappa shape index (κ3) is 2.42. The van der Waals surface area contributed by atoms with Gasteiger partial charge in [0, 0.05) is 6.20 Å². The molecule has 0 fully saturated rings. The molecule has 1 heterocycles. The number of nitrogens with zero attached hydrogens (tertiary/aromatic N) is 2. The molecule has 0 radical (unpaired) electrons. The smallest absolute Gasteiger partial charge is 0.360 e. The number of aromatic hydroxyl groups is 1. The highest BCUT2D eigenvalue weighted by atomic mass is 16.5. The van der Waals surface area contributed by atoms with Crippen molar-refractivity contribution in [2.24, 2.45) is 0 Å². The second-order valence-corrected chi connectivity index (χ2v) is 3.79. The number of carbonyl (C=O) groups is 1. The number of carbonyl (C=O) groups excluding carboxylic acids is 1. The van der Waals surface area contributed by atoms with E-state index in [1.807, 2.05) is 6.07 Å². The minimum atomic E-state index is -0.567. The van der Waals surface area contributed by atoms with Gasteiger partial charge in [0.1, 0.15) is 5.75 Å². The van der Waals surface area contributed by atoms with Crippen molar-refractivity contribution >= 4 is 11.7 Å². The monoisotopic (exact) mass is 247 g/mol. The van der Waals surface area contributed by atoms with Crippen molar-refractivity contribution in [2.45, 2.75) is 6.54 Å². The number of phenolic OH excluding ortho intramolecular Hbond substituents is 1. The van der Waals surface area contributed by atoms with Crippen LogP contribution in [-0.4, -0.2) is 28.0 Å². The fourth-order valence-corrected chi connectivity index (χ4v) is 1.61. The summed E-state index contributed by atoms with van der Waals surface area (Å²) >= 11 is 0. The van der Waals surface area contributed by atoms with E-state index in [-0.39, 0.29) is 17.1 Å². The molecule has 0 saturated heterocycles. The van der Waals surface area contributed by atoms with Crippen LogP contribution < -0.4 is 5.73 Å². The third-order valence-electron chi connectivity index (χ3n) is 2.42. The van der Waals surface area contributed by atoms with Crippen LogP contribution >= 0.6 is 0 Å². The molecule has 6 heteroatoms. The molecule has 18 heavy (non-hydrogen) atoms. The highest BCUT2D eigenvalue weighted by Crippen LogP contribution is 2.14. The standard InChI is InChI=1S/C12H13N3O3/c1-18-12(17)11-10(13)7-15(14-11)6-8-3-2-4-9(16)5-8/h2-5,7,16H,6,13H2,1H3. The Labute approximate surface area is 104 Å². The van der Waals surface area contributed by atoms with Crippen LogP contribution in [0.15, 0.2) is 30.5 Å². The minimum Gasteiger partial charge on any atom is -0.508 e. The summed E-state index contributed by atoms with van der Waals surface area (Å²) in [5, 5.41) is 13.4. The molecule has 0 saturated carbocycles. The zero-order chi connectivity index (χ0) is 13.1. The number of phenols is 1. The van der Waals surface area contributed by atoms with Gasteiger partial charge in [-0.1, -0.05) is 12.1 Å². The second-order valence-electron chi connectivity index (χ2n) is 3.79. The lowest BCUT2D eigenvalue weighted by molar-refractivity contribution is 0.0594. The molecule has 0 aliphatic heterocycles. The fourth-order valence-electron chi connectivity index (χ4n) is 1.61. The zero-order valence-corrected chi connectivity index (χ0v) is 9.83. The molecule has 2 rings (SSSR count). The fraction of sp³-hybridized carbons (Fsp3) is 0.167. The maximum atomic E-state index is 11.3. The number of anilines is 1. The van der Waals surface area contributed by atoms with E-state index < -0.39 is 5.97 Å². The summed E-state index contributed by atoms with van der Waals surface area (Å²) in [5.74, 6) is -0.386. The molecule has 0 aliphatic carbocycles. The lowest BCUT2D eigenvalue weighted by Crippen LogP contribution is -2.07. The first kappa shape index (κ1) is 12.0. The quantitative estimate of drug-likeness (QED) is 0.790. The average molecular weight is 247 g/mol. The largest absolute Gasteiger partial charge is 0.508 e. The number of benzene rings is 1. The lowest BCUT2D eigenvalue weighted by Gasteiger charge is -2.02. The number of hydrogen-bond acceptors (Lipinski definition) is 5. The topological polar surface area (TPSA) is 90.4 Å². The lowest BCUT2D eigenvalue weighted by atomic mass is 10.2. The highest BCUT2D eigenvalue weighted by molar-refractivity contribution is 5.92. The van der Waals surface area contributed by atoms with Gasteiger partial charge in [-0.25, -0.2) is 4.79 Å². The number of nitrogens with two attached hydrogens (primary N) is 1. The van der Waals surface area contributed by atoms with E-state index in [1.54, 1.807) is 24.4 Å². The van der Waals surface area contributed by atoms with Gasteiger partial charge < -0.3 is 15.6 Å². The van der Waals surface area contributed by atoms with Crippen molar-refractivity contribution in [3.8, 4) is 5.75 Å². The maximum Gasteiger partial charge on any atom is 0.360 e. The minimum absolute atomic E-state index is 0.0950. The maximum absolute atomic E-state index is 11.3. The average Bonchev–Trinajstić information content (AvgIpc) is 2.69. The summed E-state index contributed by atoms with van der Waals surface area (Å²) < 4.78 is 6.09. The van der Waals surface area contributed by atoms with E-state index in [0.717, 1.165) is 5.56 Å². The van der Waals surface area contributed by atoms with Crippen LogP contribution in [-0.2, 0) is 11.3 Å². The molecular weight excluding hydrogens is 234 g/mol. The van der Waals surface area contributed by atoms with Crippen molar-refractivity contribution in [3.63, 3.8) is 0 Å². The first-order valence-electron chi connectivity index (χ1n) is 5.29. The van der Waals surface area contributed by atoms with Gasteiger partial charge in [0.25, 0.3) is 0 Å². The Morgan fingerprint density at radius 1 is 1.56 bits per heavy atom. The number of ether oxygens (including phenoxy) is 1. The van der Waals surface area contributed by atoms with Crippen molar-refractivity contribution in [2.75, 3.05) is 12.8 Å². The molecule has 0 amide bonds. The van der Waals surface area contributed by atoms with Gasteiger partial charge in [0.05, 0.1) is 19.3 Å². The van der Waals surface area contributed by atoms with Crippen LogP contribution in [0.3, 0.4) is 0 Å². The molecule has 0 unspecified atom stereocenters. The Morgan fingerprint density at radius 3 is 3.00 bits per heavy atom. The van der Waals surface area contributed by atoms with Gasteiger partial charge >= 0.3 is 5.97 Å². The number of nitrogen functional groups attached to an aromatic ring is 1. The van der Waals surface area contributed by atoms with Crippen LogP contribution in [0, 0.1) is 0 Å². The summed E-state index contributed by atoms with van der Waals surface area (Å²) in [6.07, 6.45) is 1.55. The summed E-state index contributed by atoms with van der Waals surface area (Å²) in [6.45, 7) is 0.412. The Balaban J connectivity index is 2.23. The van der Waals surface area contributed by atoms with Crippen LogP contribution in [0.5, 0.6) is 5.75 Å². The predicted molar refractivity (Wildman–Crippen MR) is 65.2 cm³/mol. The van der Waals surface area contributed by atoms with Gasteiger partial charge in [-0.2, -0.15) is 5.10 Å². The van der Waals surface area contributed by atoms with E-state index in [4.69, 9.17) is 5.73 Å². The van der Waals surface area contributed by atoms with Gasteiger partial charge in [-0.15, -0.1) is 0 Å². The van der Waals surface area contributed by atoms with Gasteiger partial charge in [-0.05, 0) is 17.7 Å². The van der Waals surface area contributed by atoms with E-state index in [2.05, 4.69) is 9.84 Å². The number of aromatic nitrogens is 2. The number of hydrogen-bond donors (Lipinski definition) is 2. The van der Waals surface area contributed by atoms with Crippen molar-refractivity contribution < 1.29 is 14.6 Å². The number of methoxy groups -OCH3 is 1. The Bertz CT molecular complexity index is 578. The number of rotatable bonds is 3. The summed E-state index contributed by atoms with van der Waals surface area (Å²) in [6, 6.07) is 6.78. The molecule has 0 aliphatic rings. The zero-order valence-electron chi connectivity index (χ0n) is 9.83. The molecule has 0 bridgehead atoms. The molecule has 94 valence electrons. The molecule has 0 spiro atoms. The first-order chi connectivity index (χ1) is 8.60. The molecule has 1 aromatic heterocycles. The molecule has 1 aromatic carbocycles. The summed E-state index contributed by atoms with van der Waals surface area (Å²) in [4.78, 5) is 11.3. The normalized spacial score (nSPS) is 10.3. The Hall–Kier alpha value is -2.50. The Morgan fingerprint density at radius 2 is 2.33 bits per heavy atom. The van der Waals surface area contributed by atoms with Crippen molar-refractivity contribution in [3.05, 3.63) is 41.7 Å². The van der Waals surface area contributed by atoms with Gasteiger partial charge in [0.2, 0.25) is 0 Å². The van der Waals surface area contributed by atoms with Crippen LogP contribution in [0.1, 0.15) is 16.1 Å². The molecule has 6 nitrogen and oxygen atoms in total. The van der Waals surface area contributed by atoms with Crippen LogP contribution in [0.25, 0.3) is 0 Å². The van der Waals surface area contributed by atoms with Gasteiger partial charge in [0.15, 0.2) is 5.69 Å². The number of esters is 1. The molecule has 0 atom stereocenters. The van der Waals surface area contributed by atoms with E-state index in [0.29, 0.717) is 6.54 Å². The predicted octanol–water partition coefficient (Wildman–Crippen LogP) is 1.01. The molecular formula is C12H13N3O3. The van der Waals surface area contributed by atoms with E-state index in [9.17, 15) is 9.90 Å².